The zero-order chi connectivity index (χ0) is 10.1. The second-order valence-corrected chi connectivity index (χ2v) is 2.50. The molecule has 0 unspecified atom stereocenters. The Hall–Kier alpha value is -1.25. The molecule has 0 aromatic heterocycles. The first-order valence-electron chi connectivity index (χ1n) is 4.25. The summed E-state index contributed by atoms with van der Waals surface area (Å²) in [6.45, 7) is 7.84. The molecule has 13 heavy (non-hydrogen) atoms. The fraction of sp³-hybridized carbons (Fsp3) is 0.500. The molecule has 0 N–H and O–H groups in total. The van der Waals surface area contributed by atoms with E-state index in [1.54, 1.807) is 19.9 Å². The van der Waals surface area contributed by atoms with Gasteiger partial charge in [-0.25, -0.2) is 4.79 Å². The maximum Gasteiger partial charge on any atom is 0.333 e. The number of esters is 1. The minimum atomic E-state index is -0.263. The Balaban J connectivity index is 3.43. The molecule has 0 rings (SSSR count). The van der Waals surface area contributed by atoms with Gasteiger partial charge in [0, 0.05) is 12.0 Å². The van der Waals surface area contributed by atoms with Gasteiger partial charge in [0.15, 0.2) is 0 Å². The van der Waals surface area contributed by atoms with Gasteiger partial charge >= 0.3 is 5.97 Å². The molecule has 0 aliphatic carbocycles. The lowest BCUT2D eigenvalue weighted by Crippen LogP contribution is -2.08. The first kappa shape index (κ1) is 11.8. The number of rotatable bonds is 6. The first-order chi connectivity index (χ1) is 6.22. The summed E-state index contributed by atoms with van der Waals surface area (Å²) in [5.41, 5.74) is 0.629. The third-order valence-electron chi connectivity index (χ3n) is 1.51. The second kappa shape index (κ2) is 7.40. The van der Waals surface area contributed by atoms with Crippen molar-refractivity contribution in [1.82, 2.24) is 0 Å². The van der Waals surface area contributed by atoms with Crippen molar-refractivity contribution >= 4 is 5.97 Å². The molecule has 0 bridgehead atoms. The van der Waals surface area contributed by atoms with Crippen molar-refractivity contribution in [2.24, 2.45) is 0 Å². The van der Waals surface area contributed by atoms with E-state index >= 15 is 0 Å². The van der Waals surface area contributed by atoms with Gasteiger partial charge in [-0.1, -0.05) is 12.7 Å². The minimum absolute atomic E-state index is 0.263. The van der Waals surface area contributed by atoms with E-state index in [9.17, 15) is 4.79 Å². The monoisotopic (exact) mass is 184 g/mol. The van der Waals surface area contributed by atoms with Gasteiger partial charge in [0.25, 0.3) is 0 Å². The molecule has 0 fully saturated rings. The fourth-order valence-corrected chi connectivity index (χ4v) is 0.622. The lowest BCUT2D eigenvalue weighted by atomic mass is 10.3. The summed E-state index contributed by atoms with van der Waals surface area (Å²) in [5, 5.41) is 0. The van der Waals surface area contributed by atoms with Crippen molar-refractivity contribution in [2.45, 2.75) is 20.3 Å². The Labute approximate surface area is 79.0 Å². The predicted octanol–water partition coefficient (Wildman–Crippen LogP) is 2.05. The largest absolute Gasteiger partial charge is 0.502 e. The zero-order valence-electron chi connectivity index (χ0n) is 8.21. The molecule has 0 aromatic rings. The van der Waals surface area contributed by atoms with E-state index < -0.39 is 0 Å². The van der Waals surface area contributed by atoms with Crippen molar-refractivity contribution in [2.75, 3.05) is 13.2 Å². The van der Waals surface area contributed by atoms with Gasteiger partial charge < -0.3 is 9.47 Å². The van der Waals surface area contributed by atoms with Gasteiger partial charge in [0.1, 0.15) is 0 Å². The van der Waals surface area contributed by atoms with Crippen LogP contribution in [0.4, 0.5) is 0 Å². The minimum Gasteiger partial charge on any atom is -0.502 e. The van der Waals surface area contributed by atoms with Crippen LogP contribution >= 0.6 is 0 Å². The van der Waals surface area contributed by atoms with Gasteiger partial charge in [-0.3, -0.25) is 0 Å². The number of hydrogen-bond acceptors (Lipinski definition) is 3. The second-order valence-electron chi connectivity index (χ2n) is 2.50. The van der Waals surface area contributed by atoms with Crippen LogP contribution in [0.5, 0.6) is 0 Å². The normalized spacial score (nSPS) is 10.8. The van der Waals surface area contributed by atoms with Crippen LogP contribution in [0.15, 0.2) is 24.5 Å². The maximum atomic E-state index is 11.1. The molecular weight excluding hydrogens is 168 g/mol. The van der Waals surface area contributed by atoms with E-state index in [-0.39, 0.29) is 5.97 Å². The summed E-state index contributed by atoms with van der Waals surface area (Å²) >= 11 is 0. The van der Waals surface area contributed by atoms with Crippen LogP contribution in [0.1, 0.15) is 20.3 Å². The average Bonchev–Trinajstić information content (AvgIpc) is 2.16. The van der Waals surface area contributed by atoms with E-state index in [1.165, 1.54) is 6.26 Å². The average molecular weight is 184 g/mol. The highest BCUT2D eigenvalue weighted by molar-refractivity contribution is 5.87. The molecule has 0 aliphatic rings. The van der Waals surface area contributed by atoms with E-state index in [2.05, 4.69) is 6.58 Å². The molecular formula is C10H16O3. The van der Waals surface area contributed by atoms with Crippen LogP contribution in [0.25, 0.3) is 0 Å². The molecule has 3 heteroatoms. The molecule has 3 nitrogen and oxygen atoms in total. The summed E-state index contributed by atoms with van der Waals surface area (Å²) in [4.78, 5) is 11.1. The number of carbonyl (C=O) groups is 1. The third kappa shape index (κ3) is 5.96. The topological polar surface area (TPSA) is 35.5 Å². The number of ether oxygens (including phenoxy) is 2. The smallest absolute Gasteiger partial charge is 0.333 e. The van der Waals surface area contributed by atoms with Crippen LogP contribution in [0.2, 0.25) is 0 Å². The molecule has 0 radical (unpaired) electrons. The van der Waals surface area contributed by atoms with Crippen LogP contribution in [0.3, 0.4) is 0 Å². The van der Waals surface area contributed by atoms with Gasteiger partial charge in [-0.05, 0) is 13.8 Å². The highest BCUT2D eigenvalue weighted by atomic mass is 16.5. The van der Waals surface area contributed by atoms with Crippen molar-refractivity contribution in [3.63, 3.8) is 0 Å². The molecule has 0 aromatic carbocycles. The van der Waals surface area contributed by atoms with Gasteiger partial charge in [-0.2, -0.15) is 0 Å². The van der Waals surface area contributed by atoms with Crippen molar-refractivity contribution < 1.29 is 14.3 Å². The molecule has 0 atom stereocenters. The Morgan fingerprint density at radius 2 is 2.15 bits per heavy atom. The van der Waals surface area contributed by atoms with Gasteiger partial charge in [0.05, 0.1) is 19.5 Å². The van der Waals surface area contributed by atoms with E-state index in [0.29, 0.717) is 25.2 Å². The van der Waals surface area contributed by atoms with Crippen LogP contribution in [-0.4, -0.2) is 19.2 Å². The Kier molecular flexibility index (Phi) is 6.69. The number of hydrogen-bond donors (Lipinski definition) is 0. The van der Waals surface area contributed by atoms with E-state index in [4.69, 9.17) is 9.47 Å². The van der Waals surface area contributed by atoms with Crippen molar-refractivity contribution in [3.05, 3.63) is 24.5 Å². The van der Waals surface area contributed by atoms with Crippen molar-refractivity contribution in [3.8, 4) is 0 Å². The molecule has 0 heterocycles. The van der Waals surface area contributed by atoms with Crippen molar-refractivity contribution in [1.29, 1.82) is 0 Å². The molecule has 0 saturated heterocycles. The van der Waals surface area contributed by atoms with Crippen LogP contribution in [0, 0.1) is 0 Å². The standard InChI is InChI=1S/C10H16O3/c1-4-9(3)10(11)13-8-6-7-12-5-2/h4-5H,2,6-8H2,1,3H3/b9-4+. The summed E-state index contributed by atoms with van der Waals surface area (Å²) in [6, 6.07) is 0. The van der Waals surface area contributed by atoms with Gasteiger partial charge in [-0.15, -0.1) is 0 Å². The molecule has 74 valence electrons. The SMILES string of the molecule is C=COCCCOC(=O)/C(C)=C/C. The highest BCUT2D eigenvalue weighted by Crippen LogP contribution is 1.96. The zero-order valence-corrected chi connectivity index (χ0v) is 8.21. The van der Waals surface area contributed by atoms with Crippen LogP contribution in [-0.2, 0) is 14.3 Å². The third-order valence-corrected chi connectivity index (χ3v) is 1.51. The fourth-order valence-electron chi connectivity index (χ4n) is 0.622. The number of carbonyl (C=O) groups excluding carboxylic acids is 1. The summed E-state index contributed by atoms with van der Waals surface area (Å²) in [7, 11) is 0. The summed E-state index contributed by atoms with van der Waals surface area (Å²) < 4.78 is 9.78. The van der Waals surface area contributed by atoms with E-state index in [0.717, 1.165) is 0 Å². The first-order valence-corrected chi connectivity index (χ1v) is 4.25. The molecule has 0 spiro atoms. The predicted molar refractivity (Wildman–Crippen MR) is 51.2 cm³/mol. The van der Waals surface area contributed by atoms with Crippen LogP contribution < -0.4 is 0 Å². The quantitative estimate of drug-likeness (QED) is 0.274. The molecule has 0 saturated carbocycles. The Bertz CT molecular complexity index is 194. The molecule has 0 aliphatic heterocycles. The summed E-state index contributed by atoms with van der Waals surface area (Å²) in [6.07, 6.45) is 3.79. The Morgan fingerprint density at radius 1 is 1.46 bits per heavy atom. The van der Waals surface area contributed by atoms with Gasteiger partial charge in [0.2, 0.25) is 0 Å². The summed E-state index contributed by atoms with van der Waals surface area (Å²) in [5.74, 6) is -0.263. The lowest BCUT2D eigenvalue weighted by Gasteiger charge is -2.03. The highest BCUT2D eigenvalue weighted by Gasteiger charge is 2.02. The Morgan fingerprint density at radius 3 is 2.69 bits per heavy atom. The molecule has 0 amide bonds. The number of allylic oxidation sites excluding steroid dienone is 1. The lowest BCUT2D eigenvalue weighted by molar-refractivity contribution is -0.139. The van der Waals surface area contributed by atoms with E-state index in [1.807, 2.05) is 0 Å². The maximum absolute atomic E-state index is 11.1.